The van der Waals surface area contributed by atoms with Crippen molar-refractivity contribution in [3.63, 3.8) is 0 Å². The molecule has 0 bridgehead atoms. The number of aromatic nitrogens is 4. The molecule has 2 aromatic carbocycles. The molecule has 3 aromatic heterocycles. The van der Waals surface area contributed by atoms with Crippen molar-refractivity contribution in [3.05, 3.63) is 53.9 Å². The summed E-state index contributed by atoms with van der Waals surface area (Å²) in [7, 11) is 7.11. The third-order valence-corrected chi connectivity index (χ3v) is 8.10. The highest BCUT2D eigenvalue weighted by Crippen LogP contribution is 2.46. The van der Waals surface area contributed by atoms with Gasteiger partial charge in [0.25, 0.3) is 6.29 Å². The average molecular weight is 617 g/mol. The number of anilines is 1. The zero-order valence-electron chi connectivity index (χ0n) is 25.3. The van der Waals surface area contributed by atoms with E-state index in [-0.39, 0.29) is 6.61 Å². The van der Waals surface area contributed by atoms with Crippen LogP contribution in [0.25, 0.3) is 31.8 Å². The van der Waals surface area contributed by atoms with E-state index in [1.165, 1.54) is 16.2 Å². The molecule has 6 rings (SSSR count). The lowest BCUT2D eigenvalue weighted by Gasteiger charge is -2.28. The van der Waals surface area contributed by atoms with E-state index in [0.717, 1.165) is 49.5 Å². The number of ether oxygens (including phenoxy) is 5. The molecule has 1 aliphatic heterocycles. The lowest BCUT2D eigenvalue weighted by molar-refractivity contribution is -0.0718. The number of benzene rings is 2. The van der Waals surface area contributed by atoms with E-state index in [9.17, 15) is 4.79 Å². The molecule has 1 unspecified atom stereocenters. The number of methoxy groups -OCH3 is 1. The zero-order valence-corrected chi connectivity index (χ0v) is 26.1. The van der Waals surface area contributed by atoms with Gasteiger partial charge in [0.05, 0.1) is 41.7 Å². The summed E-state index contributed by atoms with van der Waals surface area (Å²) in [5.41, 5.74) is 5.62. The van der Waals surface area contributed by atoms with Crippen LogP contribution in [-0.4, -0.2) is 85.2 Å². The minimum Gasteiger partial charge on any atom is -0.480 e. The number of nitrogens with zero attached hydrogens (tertiary/aromatic N) is 6. The number of rotatable bonds is 8. The van der Waals surface area contributed by atoms with Crippen LogP contribution in [0.4, 0.5) is 10.5 Å². The van der Waals surface area contributed by atoms with Crippen LogP contribution in [0.1, 0.15) is 11.1 Å². The van der Waals surface area contributed by atoms with Crippen LogP contribution >= 0.6 is 11.3 Å². The van der Waals surface area contributed by atoms with Crippen molar-refractivity contribution in [1.82, 2.24) is 24.8 Å². The van der Waals surface area contributed by atoms with Gasteiger partial charge in [-0.05, 0) is 63.3 Å². The van der Waals surface area contributed by atoms with Crippen LogP contribution in [0.5, 0.6) is 23.3 Å². The van der Waals surface area contributed by atoms with Crippen LogP contribution in [0.15, 0.2) is 42.7 Å². The van der Waals surface area contributed by atoms with E-state index in [1.54, 1.807) is 38.7 Å². The van der Waals surface area contributed by atoms with Crippen LogP contribution < -0.4 is 23.8 Å². The predicted molar refractivity (Wildman–Crippen MR) is 167 cm³/mol. The molecule has 0 saturated carbocycles. The Kier molecular flexibility index (Phi) is 8.06. The normalized spacial score (nSPS) is 14.2. The summed E-state index contributed by atoms with van der Waals surface area (Å²) in [6.07, 6.45) is 1.62. The van der Waals surface area contributed by atoms with E-state index in [0.29, 0.717) is 35.6 Å². The minimum absolute atomic E-state index is 0.0214. The van der Waals surface area contributed by atoms with Crippen molar-refractivity contribution in [2.24, 2.45) is 0 Å². The summed E-state index contributed by atoms with van der Waals surface area (Å²) in [4.78, 5) is 34.7. The average Bonchev–Trinajstić information content (AvgIpc) is 3.46. The van der Waals surface area contributed by atoms with Crippen molar-refractivity contribution < 1.29 is 28.5 Å². The molecular weight excluding hydrogens is 584 g/mol. The first-order valence-corrected chi connectivity index (χ1v) is 14.7. The topological polar surface area (TPSA) is 121 Å². The van der Waals surface area contributed by atoms with Gasteiger partial charge in [-0.15, -0.1) is 11.3 Å². The predicted octanol–water partition coefficient (Wildman–Crippen LogP) is 5.24. The van der Waals surface area contributed by atoms with Gasteiger partial charge in [-0.2, -0.15) is 0 Å². The summed E-state index contributed by atoms with van der Waals surface area (Å²) < 4.78 is 29.6. The number of likely N-dealkylation sites (N-methyl/N-ethyl adjacent to an activating group) is 1. The molecular formula is C31H32N6O6S. The first kappa shape index (κ1) is 29.3. The number of aryl methyl sites for hydroxylation is 2. The summed E-state index contributed by atoms with van der Waals surface area (Å²) in [6, 6.07) is 9.33. The molecule has 1 amide bonds. The van der Waals surface area contributed by atoms with E-state index in [4.69, 9.17) is 28.7 Å². The highest BCUT2D eigenvalue weighted by Gasteiger charge is 2.30. The van der Waals surface area contributed by atoms with Crippen LogP contribution in [-0.2, 0) is 4.74 Å². The molecule has 12 nitrogen and oxygen atoms in total. The Balaban J connectivity index is 1.19. The molecule has 0 saturated heterocycles. The number of carbonyl (C=O) groups excluding carboxylic acids is 1. The van der Waals surface area contributed by atoms with Gasteiger partial charge < -0.3 is 28.6 Å². The molecule has 0 aliphatic carbocycles. The molecule has 1 atom stereocenters. The van der Waals surface area contributed by atoms with E-state index < -0.39 is 12.4 Å². The Morgan fingerprint density at radius 2 is 1.89 bits per heavy atom. The number of fused-ring (bicyclic) bond motifs is 4. The maximum absolute atomic E-state index is 12.9. The highest BCUT2D eigenvalue weighted by atomic mass is 32.1. The lowest BCUT2D eigenvalue weighted by Crippen LogP contribution is -2.38. The Bertz CT molecular complexity index is 1840. The van der Waals surface area contributed by atoms with Gasteiger partial charge in [0, 0.05) is 25.2 Å². The quantitative estimate of drug-likeness (QED) is 0.228. The maximum Gasteiger partial charge on any atom is 0.417 e. The molecule has 4 heterocycles. The van der Waals surface area contributed by atoms with Crippen molar-refractivity contribution in [2.75, 3.05) is 52.9 Å². The zero-order chi connectivity index (χ0) is 31.0. The molecule has 5 aromatic rings. The number of amides is 1. The van der Waals surface area contributed by atoms with E-state index >= 15 is 0 Å². The van der Waals surface area contributed by atoms with Gasteiger partial charge in [0.1, 0.15) is 16.3 Å². The Labute approximate surface area is 258 Å². The van der Waals surface area contributed by atoms with E-state index in [1.807, 2.05) is 51.0 Å². The molecule has 0 radical (unpaired) electrons. The SMILES string of the molecule is COc1cnc2c(-c3nc4c(C)cc5c(c4s3)OCC(OC(=O)N(C)c3ccc(OCCN(C)C)nc3)O5)cc(C)cc2n1. The third-order valence-electron chi connectivity index (χ3n) is 7.01. The van der Waals surface area contributed by atoms with Crippen LogP contribution in [0.3, 0.4) is 0 Å². The molecule has 44 heavy (non-hydrogen) atoms. The van der Waals surface area contributed by atoms with E-state index in [2.05, 4.69) is 15.0 Å². The first-order valence-electron chi connectivity index (χ1n) is 13.9. The van der Waals surface area contributed by atoms with Gasteiger partial charge in [0.2, 0.25) is 11.8 Å². The number of hydrogen-bond acceptors (Lipinski definition) is 12. The molecule has 0 fully saturated rings. The number of hydrogen-bond donors (Lipinski definition) is 0. The Morgan fingerprint density at radius 3 is 2.64 bits per heavy atom. The summed E-state index contributed by atoms with van der Waals surface area (Å²) in [5.74, 6) is 1.98. The fraction of sp³-hybridized carbons (Fsp3) is 0.323. The maximum atomic E-state index is 12.9. The Hall–Kier alpha value is -4.75. The fourth-order valence-electron chi connectivity index (χ4n) is 4.70. The highest BCUT2D eigenvalue weighted by molar-refractivity contribution is 7.22. The third kappa shape index (κ3) is 5.88. The second kappa shape index (κ2) is 12.1. The van der Waals surface area contributed by atoms with Crippen molar-refractivity contribution in [2.45, 2.75) is 20.1 Å². The second-order valence-corrected chi connectivity index (χ2v) is 11.6. The minimum atomic E-state index is -0.936. The van der Waals surface area contributed by atoms with Crippen LogP contribution in [0, 0.1) is 13.8 Å². The summed E-state index contributed by atoms with van der Waals surface area (Å²) >= 11 is 1.49. The van der Waals surface area contributed by atoms with Gasteiger partial charge in [-0.25, -0.2) is 24.7 Å². The van der Waals surface area contributed by atoms with Crippen molar-refractivity contribution in [1.29, 1.82) is 0 Å². The van der Waals surface area contributed by atoms with Crippen molar-refractivity contribution in [3.8, 4) is 33.8 Å². The molecule has 1 aliphatic rings. The lowest BCUT2D eigenvalue weighted by atomic mass is 10.1. The second-order valence-electron chi connectivity index (χ2n) is 10.6. The number of pyridine rings is 1. The summed E-state index contributed by atoms with van der Waals surface area (Å²) in [6.45, 7) is 5.27. The van der Waals surface area contributed by atoms with Gasteiger partial charge in [-0.1, -0.05) is 0 Å². The number of thiazole rings is 1. The number of carbonyl (C=O) groups is 1. The summed E-state index contributed by atoms with van der Waals surface area (Å²) in [5, 5.41) is 0.783. The van der Waals surface area contributed by atoms with Crippen LogP contribution in [0.2, 0.25) is 0 Å². The molecule has 0 N–H and O–H groups in total. The smallest absolute Gasteiger partial charge is 0.417 e. The molecule has 13 heteroatoms. The monoisotopic (exact) mass is 616 g/mol. The van der Waals surface area contributed by atoms with Gasteiger partial charge >= 0.3 is 6.09 Å². The largest absolute Gasteiger partial charge is 0.480 e. The molecule has 0 spiro atoms. The standard InChI is InChI=1S/C31H32N6O6S/c1-17-11-20(27-21(12-17)34-24(39-6)15-33-27)30-35-26-18(2)13-22-28(29(26)44-30)41-16-25(42-22)43-31(38)37(5)19-7-8-23(32-14-19)40-10-9-36(3)4/h7-8,11-15,25H,9-10,16H2,1-6H3. The molecule has 228 valence electrons. The fourth-order valence-corrected chi connectivity index (χ4v) is 5.85. The first-order chi connectivity index (χ1) is 21.2. The van der Waals surface area contributed by atoms with Gasteiger partial charge in [-0.3, -0.25) is 4.90 Å². The Morgan fingerprint density at radius 1 is 1.05 bits per heavy atom. The van der Waals surface area contributed by atoms with Crippen molar-refractivity contribution >= 4 is 44.4 Å². The van der Waals surface area contributed by atoms with Gasteiger partial charge in [0.15, 0.2) is 18.1 Å².